The van der Waals surface area contributed by atoms with Crippen molar-refractivity contribution >= 4 is 17.4 Å². The van der Waals surface area contributed by atoms with E-state index in [2.05, 4.69) is 20.6 Å². The van der Waals surface area contributed by atoms with Crippen molar-refractivity contribution in [3.05, 3.63) is 41.9 Å². The van der Waals surface area contributed by atoms with Gasteiger partial charge in [-0.15, -0.1) is 0 Å². The summed E-state index contributed by atoms with van der Waals surface area (Å²) in [6.07, 6.45) is 8.74. The summed E-state index contributed by atoms with van der Waals surface area (Å²) >= 11 is 0. The number of rotatable bonds is 4. The smallest absolute Gasteiger partial charge is 0.274 e. The van der Waals surface area contributed by atoms with Crippen molar-refractivity contribution in [1.29, 1.82) is 0 Å². The minimum atomic E-state index is -0.292. The summed E-state index contributed by atoms with van der Waals surface area (Å²) in [4.78, 5) is 20.8. The van der Waals surface area contributed by atoms with Gasteiger partial charge in [0.05, 0.1) is 0 Å². The number of nitrogens with one attached hydrogen (secondary N) is 2. The first kappa shape index (κ1) is 17.2. The highest BCUT2D eigenvalue weighted by Crippen LogP contribution is 2.22. The molecule has 0 aliphatic heterocycles. The van der Waals surface area contributed by atoms with Gasteiger partial charge in [0.1, 0.15) is 23.6 Å². The number of carbonyl (C=O) groups is 1. The molecule has 132 valence electrons. The van der Waals surface area contributed by atoms with Gasteiger partial charge in [0.2, 0.25) is 0 Å². The standard InChI is InChI=1S/C19H24N4O2/c1-13-10-15(24)8-9-16(13)23-19(25)17-11-18(21-12-20-17)22-14-6-4-2-3-5-7-14/h8-12,14,24H,2-7H2,1H3,(H,23,25)(H,20,21,22). The van der Waals surface area contributed by atoms with Crippen molar-refractivity contribution in [3.8, 4) is 5.75 Å². The SMILES string of the molecule is Cc1cc(O)ccc1NC(=O)c1cc(NC2CCCCCC2)ncn1. The molecule has 0 saturated heterocycles. The molecule has 3 rings (SSSR count). The van der Waals surface area contributed by atoms with E-state index in [-0.39, 0.29) is 11.7 Å². The average Bonchev–Trinajstić information content (AvgIpc) is 2.86. The van der Waals surface area contributed by atoms with E-state index in [4.69, 9.17) is 0 Å². The molecule has 0 radical (unpaired) electrons. The van der Waals surface area contributed by atoms with Gasteiger partial charge in [0.15, 0.2) is 0 Å². The van der Waals surface area contributed by atoms with Gasteiger partial charge in [-0.2, -0.15) is 0 Å². The number of nitrogens with zero attached hydrogens (tertiary/aromatic N) is 2. The molecule has 0 spiro atoms. The van der Waals surface area contributed by atoms with Crippen molar-refractivity contribution in [2.45, 2.75) is 51.5 Å². The Kier molecular flexibility index (Phi) is 5.48. The largest absolute Gasteiger partial charge is 0.508 e. The Labute approximate surface area is 147 Å². The summed E-state index contributed by atoms with van der Waals surface area (Å²) in [6, 6.07) is 6.92. The lowest BCUT2D eigenvalue weighted by Gasteiger charge is -2.17. The quantitative estimate of drug-likeness (QED) is 0.581. The van der Waals surface area contributed by atoms with Crippen LogP contribution in [0.3, 0.4) is 0 Å². The van der Waals surface area contributed by atoms with Crippen LogP contribution in [0.5, 0.6) is 5.75 Å². The van der Waals surface area contributed by atoms with E-state index >= 15 is 0 Å². The molecule has 1 saturated carbocycles. The number of phenolic OH excluding ortho intramolecular Hbond substituents is 1. The summed E-state index contributed by atoms with van der Waals surface area (Å²) < 4.78 is 0. The number of aromatic hydroxyl groups is 1. The van der Waals surface area contributed by atoms with Crippen LogP contribution in [-0.2, 0) is 0 Å². The normalized spacial score (nSPS) is 15.4. The van der Waals surface area contributed by atoms with Crippen molar-refractivity contribution in [2.75, 3.05) is 10.6 Å². The van der Waals surface area contributed by atoms with Crippen molar-refractivity contribution < 1.29 is 9.90 Å². The fourth-order valence-electron chi connectivity index (χ4n) is 3.17. The van der Waals surface area contributed by atoms with Gasteiger partial charge in [0.25, 0.3) is 5.91 Å². The molecule has 1 aliphatic carbocycles. The summed E-state index contributed by atoms with van der Waals surface area (Å²) in [7, 11) is 0. The highest BCUT2D eigenvalue weighted by molar-refractivity contribution is 6.03. The van der Waals surface area contributed by atoms with Gasteiger partial charge in [0, 0.05) is 17.8 Å². The number of phenols is 1. The summed E-state index contributed by atoms with van der Waals surface area (Å²) in [6.45, 7) is 1.83. The zero-order chi connectivity index (χ0) is 17.6. The molecule has 1 fully saturated rings. The molecule has 1 heterocycles. The Morgan fingerprint density at radius 2 is 1.88 bits per heavy atom. The monoisotopic (exact) mass is 340 g/mol. The molecule has 2 aromatic rings. The van der Waals surface area contributed by atoms with Gasteiger partial charge >= 0.3 is 0 Å². The lowest BCUT2D eigenvalue weighted by molar-refractivity contribution is 0.102. The fraction of sp³-hybridized carbons (Fsp3) is 0.421. The van der Waals surface area contributed by atoms with Gasteiger partial charge in [-0.25, -0.2) is 9.97 Å². The van der Waals surface area contributed by atoms with Gasteiger partial charge in [-0.05, 0) is 43.5 Å². The van der Waals surface area contributed by atoms with E-state index in [9.17, 15) is 9.90 Å². The zero-order valence-electron chi connectivity index (χ0n) is 14.5. The second-order valence-corrected chi connectivity index (χ2v) is 6.57. The Morgan fingerprint density at radius 3 is 2.60 bits per heavy atom. The first-order valence-electron chi connectivity index (χ1n) is 8.81. The first-order chi connectivity index (χ1) is 12.1. The van der Waals surface area contributed by atoms with Crippen LogP contribution in [-0.4, -0.2) is 27.0 Å². The van der Waals surface area contributed by atoms with Crippen molar-refractivity contribution in [2.24, 2.45) is 0 Å². The van der Waals surface area contributed by atoms with Crippen LogP contribution in [0.15, 0.2) is 30.6 Å². The number of aromatic nitrogens is 2. The number of aryl methyl sites for hydroxylation is 1. The molecule has 0 atom stereocenters. The fourth-order valence-corrected chi connectivity index (χ4v) is 3.17. The summed E-state index contributed by atoms with van der Waals surface area (Å²) in [5.74, 6) is 0.571. The van der Waals surface area contributed by atoms with Crippen LogP contribution < -0.4 is 10.6 Å². The molecule has 0 bridgehead atoms. The van der Waals surface area contributed by atoms with E-state index < -0.39 is 0 Å². The molecule has 6 heteroatoms. The highest BCUT2D eigenvalue weighted by Gasteiger charge is 2.15. The Morgan fingerprint density at radius 1 is 1.12 bits per heavy atom. The molecular formula is C19H24N4O2. The van der Waals surface area contributed by atoms with Crippen LogP contribution in [0.1, 0.15) is 54.6 Å². The van der Waals surface area contributed by atoms with Crippen molar-refractivity contribution in [3.63, 3.8) is 0 Å². The predicted octanol–water partition coefficient (Wildman–Crippen LogP) is 3.88. The van der Waals surface area contributed by atoms with E-state index in [0.29, 0.717) is 23.2 Å². The van der Waals surface area contributed by atoms with Crippen molar-refractivity contribution in [1.82, 2.24) is 9.97 Å². The van der Waals surface area contributed by atoms with E-state index in [1.165, 1.54) is 32.0 Å². The van der Waals surface area contributed by atoms with Crippen LogP contribution in [0.25, 0.3) is 0 Å². The minimum absolute atomic E-state index is 0.174. The summed E-state index contributed by atoms with van der Waals surface area (Å²) in [5, 5.41) is 15.7. The minimum Gasteiger partial charge on any atom is -0.508 e. The highest BCUT2D eigenvalue weighted by atomic mass is 16.3. The lowest BCUT2D eigenvalue weighted by atomic mass is 10.1. The number of hydrogen-bond donors (Lipinski definition) is 3. The molecule has 1 aromatic carbocycles. The third-order valence-electron chi connectivity index (χ3n) is 4.57. The third-order valence-corrected chi connectivity index (χ3v) is 4.57. The third kappa shape index (κ3) is 4.68. The van der Waals surface area contributed by atoms with Gasteiger partial charge in [-0.3, -0.25) is 4.79 Å². The predicted molar refractivity (Wildman–Crippen MR) is 97.9 cm³/mol. The molecule has 3 N–H and O–H groups in total. The second kappa shape index (κ2) is 7.96. The Hall–Kier alpha value is -2.63. The molecule has 25 heavy (non-hydrogen) atoms. The average molecular weight is 340 g/mol. The second-order valence-electron chi connectivity index (χ2n) is 6.57. The van der Waals surface area contributed by atoms with E-state index in [0.717, 1.165) is 18.4 Å². The maximum Gasteiger partial charge on any atom is 0.274 e. The van der Waals surface area contributed by atoms with Gasteiger partial charge in [-0.1, -0.05) is 25.7 Å². The lowest BCUT2D eigenvalue weighted by Crippen LogP contribution is -2.20. The summed E-state index contributed by atoms with van der Waals surface area (Å²) in [5.41, 5.74) is 1.76. The Balaban J connectivity index is 1.68. The number of hydrogen-bond acceptors (Lipinski definition) is 5. The maximum absolute atomic E-state index is 12.5. The topological polar surface area (TPSA) is 87.1 Å². The molecule has 1 aliphatic rings. The zero-order valence-corrected chi connectivity index (χ0v) is 14.5. The van der Waals surface area contributed by atoms with Crippen LogP contribution in [0, 0.1) is 6.92 Å². The van der Waals surface area contributed by atoms with Crippen LogP contribution in [0.4, 0.5) is 11.5 Å². The molecule has 1 aromatic heterocycles. The van der Waals surface area contributed by atoms with Crippen LogP contribution >= 0.6 is 0 Å². The van der Waals surface area contributed by atoms with E-state index in [1.54, 1.807) is 24.3 Å². The number of amides is 1. The van der Waals surface area contributed by atoms with Gasteiger partial charge < -0.3 is 15.7 Å². The number of carbonyl (C=O) groups excluding carboxylic acids is 1. The first-order valence-corrected chi connectivity index (χ1v) is 8.81. The number of benzene rings is 1. The van der Waals surface area contributed by atoms with Crippen LogP contribution in [0.2, 0.25) is 0 Å². The molecule has 0 unspecified atom stereocenters. The molecular weight excluding hydrogens is 316 g/mol. The molecule has 1 amide bonds. The number of anilines is 2. The Bertz CT molecular complexity index is 740. The maximum atomic E-state index is 12.5. The van der Waals surface area contributed by atoms with E-state index in [1.807, 2.05) is 6.92 Å². The molecule has 6 nitrogen and oxygen atoms in total.